The molecule has 6 heterocycles. The molecule has 0 saturated carbocycles. The lowest BCUT2D eigenvalue weighted by Crippen LogP contribution is -2.47. The maximum atomic E-state index is 17.1. The van der Waals surface area contributed by atoms with Crippen molar-refractivity contribution in [2.75, 3.05) is 44.4 Å². The number of benzene rings is 2. The minimum Gasteiger partial charge on any atom is -0.461 e. The molecule has 0 amide bonds. The number of ether oxygens (including phenoxy) is 2. The Kier molecular flexibility index (Phi) is 7.16. The number of aromatic nitrogens is 3. The fourth-order valence-electron chi connectivity index (χ4n) is 8.13. The molecule has 3 atom stereocenters. The van der Waals surface area contributed by atoms with Gasteiger partial charge in [0.2, 0.25) is 0 Å². The van der Waals surface area contributed by atoms with Gasteiger partial charge in [0, 0.05) is 30.1 Å². The second kappa shape index (κ2) is 11.3. The highest BCUT2D eigenvalue weighted by atomic mass is 19.1. The SMILES string of the molecule is C#Cc1c(F)ccc2cccc(-c3nc4c5c(nc(OC[C@@]67CCCN6[C@H](CO)CC7)nc5c3F)N3CCCOC[C@@H]3C=C4C)c12. The molecule has 4 aliphatic rings. The van der Waals surface area contributed by atoms with Crippen LogP contribution in [0, 0.1) is 24.0 Å². The van der Waals surface area contributed by atoms with Gasteiger partial charge in [-0.3, -0.25) is 4.90 Å². The third kappa shape index (κ3) is 4.48. The maximum absolute atomic E-state index is 17.1. The van der Waals surface area contributed by atoms with Gasteiger partial charge in [-0.05, 0) is 62.6 Å². The molecule has 0 radical (unpaired) electrons. The number of terminal acetylenes is 1. The molecule has 10 heteroatoms. The normalized spacial score (nSPS) is 24.3. The molecule has 4 aliphatic heterocycles. The van der Waals surface area contributed by atoms with E-state index in [-0.39, 0.29) is 47.0 Å². The molecule has 0 bridgehead atoms. The minimum atomic E-state index is -0.647. The Bertz CT molecular complexity index is 1960. The Hall–Kier alpha value is -4.17. The van der Waals surface area contributed by atoms with E-state index in [1.807, 2.05) is 13.0 Å². The van der Waals surface area contributed by atoms with Crippen molar-refractivity contribution in [1.82, 2.24) is 19.9 Å². The third-order valence-corrected chi connectivity index (χ3v) is 10.3. The summed E-state index contributed by atoms with van der Waals surface area (Å²) in [5.41, 5.74) is 1.77. The summed E-state index contributed by atoms with van der Waals surface area (Å²) in [5, 5.41) is 11.6. The first-order valence-electron chi connectivity index (χ1n) is 16.1. The standard InChI is InChI=1S/C36H35F2N5O3/c1-3-25-27(37)10-9-22-7-4-8-26(28(22)25)32-30(38)33-29-31(39-32)21(2)17-24-19-45-16-6-14-42(24)34(29)41-35(40-33)46-20-36-12-5-15-43(36)23(18-44)11-13-36/h1,4,7-10,17,23-24,44H,5-6,11-16,18-20H2,2H3/t23-,24-,36-/m0/s1. The van der Waals surface area contributed by atoms with Gasteiger partial charge >= 0.3 is 6.01 Å². The fourth-order valence-corrected chi connectivity index (χ4v) is 8.13. The number of pyridine rings is 1. The van der Waals surface area contributed by atoms with Crippen molar-refractivity contribution in [2.45, 2.75) is 56.7 Å². The Balaban J connectivity index is 1.34. The molecular formula is C36H35F2N5O3. The second-order valence-electron chi connectivity index (χ2n) is 12.9. The lowest BCUT2D eigenvalue weighted by Gasteiger charge is -2.34. The molecule has 1 N–H and O–H groups in total. The quantitative estimate of drug-likeness (QED) is 0.293. The molecule has 0 aliphatic carbocycles. The highest BCUT2D eigenvalue weighted by Gasteiger charge is 2.49. The molecule has 2 aromatic carbocycles. The van der Waals surface area contributed by atoms with Crippen LogP contribution in [0.25, 0.3) is 38.5 Å². The van der Waals surface area contributed by atoms with Gasteiger partial charge in [-0.15, -0.1) is 6.42 Å². The van der Waals surface area contributed by atoms with Crippen LogP contribution in [-0.4, -0.2) is 82.1 Å². The van der Waals surface area contributed by atoms with Crippen LogP contribution >= 0.6 is 0 Å². The molecule has 2 aromatic heterocycles. The highest BCUT2D eigenvalue weighted by molar-refractivity contribution is 6.05. The summed E-state index contributed by atoms with van der Waals surface area (Å²) < 4.78 is 44.4. The van der Waals surface area contributed by atoms with Gasteiger partial charge in [-0.1, -0.05) is 36.3 Å². The van der Waals surface area contributed by atoms with E-state index < -0.39 is 11.6 Å². The Morgan fingerprint density at radius 2 is 1.98 bits per heavy atom. The Morgan fingerprint density at radius 1 is 1.09 bits per heavy atom. The number of rotatable bonds is 5. The zero-order valence-corrected chi connectivity index (χ0v) is 25.7. The van der Waals surface area contributed by atoms with Gasteiger partial charge < -0.3 is 19.5 Å². The van der Waals surface area contributed by atoms with E-state index in [0.29, 0.717) is 59.6 Å². The predicted octanol–water partition coefficient (Wildman–Crippen LogP) is 5.48. The topological polar surface area (TPSA) is 83.8 Å². The molecule has 3 saturated heterocycles. The zero-order chi connectivity index (χ0) is 31.6. The predicted molar refractivity (Wildman–Crippen MR) is 173 cm³/mol. The molecule has 8 rings (SSSR count). The summed E-state index contributed by atoms with van der Waals surface area (Å²) in [6.07, 6.45) is 12.5. The number of nitrogens with zero attached hydrogens (tertiary/aromatic N) is 5. The van der Waals surface area contributed by atoms with Gasteiger partial charge in [0.05, 0.1) is 41.4 Å². The first-order chi connectivity index (χ1) is 22.4. The van der Waals surface area contributed by atoms with E-state index in [1.165, 1.54) is 6.07 Å². The Morgan fingerprint density at radius 3 is 2.83 bits per heavy atom. The largest absolute Gasteiger partial charge is 0.461 e. The number of allylic oxidation sites excluding steroid dienone is 1. The van der Waals surface area contributed by atoms with Gasteiger partial charge in [-0.2, -0.15) is 9.97 Å². The van der Waals surface area contributed by atoms with E-state index in [4.69, 9.17) is 30.8 Å². The summed E-state index contributed by atoms with van der Waals surface area (Å²) >= 11 is 0. The van der Waals surface area contributed by atoms with Crippen LogP contribution in [-0.2, 0) is 4.74 Å². The van der Waals surface area contributed by atoms with Crippen molar-refractivity contribution in [3.05, 3.63) is 59.3 Å². The van der Waals surface area contributed by atoms with Gasteiger partial charge in [0.15, 0.2) is 5.82 Å². The average molecular weight is 624 g/mol. The van der Waals surface area contributed by atoms with Crippen LogP contribution in [0.15, 0.2) is 36.4 Å². The smallest absolute Gasteiger partial charge is 0.319 e. The second-order valence-corrected chi connectivity index (χ2v) is 12.9. The highest BCUT2D eigenvalue weighted by Crippen LogP contribution is 2.44. The number of fused-ring (bicyclic) bond motifs is 4. The molecular weight excluding hydrogens is 588 g/mol. The van der Waals surface area contributed by atoms with Crippen LogP contribution in [0.1, 0.15) is 50.3 Å². The minimum absolute atomic E-state index is 0.0361. The van der Waals surface area contributed by atoms with E-state index in [1.54, 1.807) is 18.2 Å². The zero-order valence-electron chi connectivity index (χ0n) is 25.7. The molecule has 4 aromatic rings. The third-order valence-electron chi connectivity index (χ3n) is 10.3. The number of aliphatic hydroxyl groups is 1. The summed E-state index contributed by atoms with van der Waals surface area (Å²) in [6.45, 7) is 5.06. The molecule has 0 spiro atoms. The van der Waals surface area contributed by atoms with Crippen LogP contribution in [0.4, 0.5) is 14.6 Å². The number of halogens is 2. The number of hydrogen-bond acceptors (Lipinski definition) is 8. The van der Waals surface area contributed by atoms with Crippen molar-refractivity contribution in [3.8, 4) is 29.6 Å². The number of anilines is 1. The van der Waals surface area contributed by atoms with Crippen molar-refractivity contribution in [2.24, 2.45) is 0 Å². The number of hydrogen-bond donors (Lipinski definition) is 1. The monoisotopic (exact) mass is 623 g/mol. The summed E-state index contributed by atoms with van der Waals surface area (Å²) in [5.74, 6) is 1.83. The van der Waals surface area contributed by atoms with Gasteiger partial charge in [0.1, 0.15) is 29.5 Å². The lowest BCUT2D eigenvalue weighted by atomic mass is 9.95. The van der Waals surface area contributed by atoms with E-state index in [9.17, 15) is 9.50 Å². The van der Waals surface area contributed by atoms with Crippen LogP contribution in [0.2, 0.25) is 0 Å². The Labute approximate surface area is 266 Å². The van der Waals surface area contributed by atoms with Gasteiger partial charge in [0.25, 0.3) is 0 Å². The van der Waals surface area contributed by atoms with Gasteiger partial charge in [-0.25, -0.2) is 13.8 Å². The summed E-state index contributed by atoms with van der Waals surface area (Å²) in [4.78, 5) is 19.1. The lowest BCUT2D eigenvalue weighted by molar-refractivity contribution is 0.0644. The van der Waals surface area contributed by atoms with Crippen molar-refractivity contribution >= 4 is 33.1 Å². The first kappa shape index (κ1) is 29.2. The van der Waals surface area contributed by atoms with E-state index >= 15 is 4.39 Å². The molecule has 0 unspecified atom stereocenters. The van der Waals surface area contributed by atoms with E-state index in [2.05, 4.69) is 21.8 Å². The summed E-state index contributed by atoms with van der Waals surface area (Å²) in [6, 6.07) is 8.36. The molecule has 46 heavy (non-hydrogen) atoms. The molecule has 3 fully saturated rings. The van der Waals surface area contributed by atoms with Crippen molar-refractivity contribution in [1.29, 1.82) is 0 Å². The fraction of sp³-hybridized carbons (Fsp3) is 0.417. The van der Waals surface area contributed by atoms with Crippen LogP contribution in [0.5, 0.6) is 6.01 Å². The van der Waals surface area contributed by atoms with Crippen molar-refractivity contribution in [3.63, 3.8) is 0 Å². The van der Waals surface area contributed by atoms with Crippen LogP contribution in [0.3, 0.4) is 0 Å². The first-order valence-corrected chi connectivity index (χ1v) is 16.1. The van der Waals surface area contributed by atoms with E-state index in [0.717, 1.165) is 44.2 Å². The van der Waals surface area contributed by atoms with Crippen LogP contribution < -0.4 is 9.64 Å². The summed E-state index contributed by atoms with van der Waals surface area (Å²) in [7, 11) is 0. The molecule has 8 nitrogen and oxygen atoms in total. The number of aliphatic hydroxyl groups excluding tert-OH is 1. The average Bonchev–Trinajstić information content (AvgIpc) is 3.51. The van der Waals surface area contributed by atoms with Crippen molar-refractivity contribution < 1.29 is 23.4 Å². The maximum Gasteiger partial charge on any atom is 0.319 e. The molecule has 236 valence electrons.